The molecule has 4 rings (SSSR count). The molecule has 7 heteroatoms. The molecule has 0 amide bonds. The first-order valence-corrected chi connectivity index (χ1v) is 11.5. The van der Waals surface area contributed by atoms with Crippen molar-refractivity contribution in [1.29, 1.82) is 5.26 Å². The summed E-state index contributed by atoms with van der Waals surface area (Å²) >= 11 is 3.67. The molecular formula is C25H29BrCl2N4. The number of nitriles is 1. The summed E-state index contributed by atoms with van der Waals surface area (Å²) in [5.74, 6) is 0. The van der Waals surface area contributed by atoms with Crippen molar-refractivity contribution in [3.8, 4) is 6.07 Å². The van der Waals surface area contributed by atoms with Gasteiger partial charge in [-0.15, -0.1) is 24.8 Å². The van der Waals surface area contributed by atoms with Gasteiger partial charge >= 0.3 is 0 Å². The van der Waals surface area contributed by atoms with Gasteiger partial charge in [-0.3, -0.25) is 4.90 Å². The molecule has 2 heterocycles. The Hall–Kier alpha value is -1.84. The number of hydrogen-bond donors (Lipinski definition) is 0. The van der Waals surface area contributed by atoms with Gasteiger partial charge in [-0.2, -0.15) is 5.26 Å². The van der Waals surface area contributed by atoms with Crippen molar-refractivity contribution in [2.24, 2.45) is 0 Å². The maximum atomic E-state index is 9.01. The molecule has 1 atom stereocenters. The minimum atomic E-state index is 0. The summed E-state index contributed by atoms with van der Waals surface area (Å²) in [6.07, 6.45) is 8.64. The van der Waals surface area contributed by atoms with Gasteiger partial charge in [-0.25, -0.2) is 4.98 Å². The normalized spacial score (nSPS) is 15.2. The van der Waals surface area contributed by atoms with Crippen molar-refractivity contribution in [2.45, 2.75) is 51.7 Å². The summed E-state index contributed by atoms with van der Waals surface area (Å²) in [4.78, 5) is 7.06. The van der Waals surface area contributed by atoms with E-state index in [1.54, 1.807) is 0 Å². The molecular weight excluding hydrogens is 507 g/mol. The Balaban J connectivity index is 0.00000181. The van der Waals surface area contributed by atoms with Crippen molar-refractivity contribution in [1.82, 2.24) is 14.5 Å². The van der Waals surface area contributed by atoms with Crippen molar-refractivity contribution < 1.29 is 0 Å². The van der Waals surface area contributed by atoms with Crippen LogP contribution in [0.5, 0.6) is 0 Å². The topological polar surface area (TPSA) is 44.9 Å². The second-order valence-corrected chi connectivity index (χ2v) is 8.96. The largest absolute Gasteiger partial charge is 0.329 e. The molecule has 0 saturated carbocycles. The highest BCUT2D eigenvalue weighted by Gasteiger charge is 2.27. The molecule has 32 heavy (non-hydrogen) atoms. The van der Waals surface area contributed by atoms with Gasteiger partial charge in [0.1, 0.15) is 0 Å². The van der Waals surface area contributed by atoms with E-state index in [0.29, 0.717) is 11.6 Å². The average Bonchev–Trinajstić information content (AvgIpc) is 3.20. The molecule has 2 aromatic carbocycles. The first-order valence-electron chi connectivity index (χ1n) is 10.7. The number of benzene rings is 2. The molecule has 0 N–H and O–H groups in total. The number of fused-ring (bicyclic) bond motifs is 1. The van der Waals surface area contributed by atoms with Crippen molar-refractivity contribution in [2.75, 3.05) is 6.54 Å². The Kier molecular flexibility index (Phi) is 10.2. The highest BCUT2D eigenvalue weighted by atomic mass is 79.9. The first kappa shape index (κ1) is 26.4. The van der Waals surface area contributed by atoms with E-state index < -0.39 is 0 Å². The second kappa shape index (κ2) is 12.4. The summed E-state index contributed by atoms with van der Waals surface area (Å²) < 4.78 is 3.39. The van der Waals surface area contributed by atoms with Crippen LogP contribution in [-0.4, -0.2) is 21.0 Å². The molecule has 0 spiro atoms. The lowest BCUT2D eigenvalue weighted by Crippen LogP contribution is -2.35. The standard InChI is InChI=1S/C25H27BrN4.2ClH/c1-2-3-4-25-24-13-22(26)10-9-21(24)11-12-29(25)17-23-15-28-18-30(23)16-20-7-5-19(14-27)6-8-20;;/h5-10,13,15,18,25H,2-4,11-12,16-17H2,1H3;2*1H/t25-;;/m0../s1. The SMILES string of the molecule is CCCC[C@H]1c2cc(Br)ccc2CCN1Cc1cncn1Cc1ccc(C#N)cc1.Cl.Cl. The van der Waals surface area contributed by atoms with Crippen LogP contribution in [0.4, 0.5) is 0 Å². The summed E-state index contributed by atoms with van der Waals surface area (Å²) in [5, 5.41) is 9.01. The number of imidazole rings is 1. The van der Waals surface area contributed by atoms with Gasteiger partial charge in [0.25, 0.3) is 0 Å². The quantitative estimate of drug-likeness (QED) is 0.338. The zero-order chi connectivity index (χ0) is 20.9. The lowest BCUT2D eigenvalue weighted by molar-refractivity contribution is 0.160. The summed E-state index contributed by atoms with van der Waals surface area (Å²) in [6, 6.07) is 17.2. The molecule has 0 unspecified atom stereocenters. The molecule has 1 aromatic heterocycles. The summed E-state index contributed by atoms with van der Waals surface area (Å²) in [5.41, 5.74) is 6.08. The van der Waals surface area contributed by atoms with Crippen LogP contribution in [-0.2, 0) is 19.5 Å². The fourth-order valence-corrected chi connectivity index (χ4v) is 4.74. The van der Waals surface area contributed by atoms with E-state index in [9.17, 15) is 0 Å². The van der Waals surface area contributed by atoms with Gasteiger partial charge in [0, 0.05) is 36.3 Å². The van der Waals surface area contributed by atoms with Crippen LogP contribution in [0.15, 0.2) is 59.5 Å². The Bertz CT molecular complexity index is 1040. The Morgan fingerprint density at radius 2 is 1.91 bits per heavy atom. The Labute approximate surface area is 211 Å². The monoisotopic (exact) mass is 534 g/mol. The van der Waals surface area contributed by atoms with E-state index in [-0.39, 0.29) is 24.8 Å². The third kappa shape index (κ3) is 6.14. The predicted octanol–water partition coefficient (Wildman–Crippen LogP) is 6.70. The van der Waals surface area contributed by atoms with Gasteiger partial charge in [-0.05, 0) is 53.8 Å². The first-order chi connectivity index (χ1) is 14.7. The van der Waals surface area contributed by atoms with Crippen molar-refractivity contribution in [3.63, 3.8) is 0 Å². The molecule has 0 radical (unpaired) electrons. The molecule has 0 bridgehead atoms. The molecule has 4 nitrogen and oxygen atoms in total. The third-order valence-corrected chi connectivity index (χ3v) is 6.50. The zero-order valence-corrected chi connectivity index (χ0v) is 21.4. The molecule has 1 aliphatic rings. The van der Waals surface area contributed by atoms with E-state index in [1.807, 2.05) is 36.8 Å². The van der Waals surface area contributed by atoms with Crippen LogP contribution >= 0.6 is 40.7 Å². The fraction of sp³-hybridized carbons (Fsp3) is 0.360. The van der Waals surface area contributed by atoms with Crippen LogP contribution in [0.1, 0.15) is 60.2 Å². The number of halogens is 3. The van der Waals surface area contributed by atoms with Crippen LogP contribution in [0.2, 0.25) is 0 Å². The zero-order valence-electron chi connectivity index (χ0n) is 18.2. The Morgan fingerprint density at radius 1 is 1.12 bits per heavy atom. The molecule has 0 saturated heterocycles. The smallest absolute Gasteiger partial charge is 0.0991 e. The fourth-order valence-electron chi connectivity index (χ4n) is 4.36. The average molecular weight is 536 g/mol. The van der Waals surface area contributed by atoms with Gasteiger partial charge in [0.05, 0.1) is 23.7 Å². The molecule has 1 aliphatic heterocycles. The van der Waals surface area contributed by atoms with E-state index in [2.05, 4.69) is 61.6 Å². The Morgan fingerprint density at radius 3 is 2.62 bits per heavy atom. The summed E-state index contributed by atoms with van der Waals surface area (Å²) in [6.45, 7) is 5.01. The number of aromatic nitrogens is 2. The van der Waals surface area contributed by atoms with E-state index in [0.717, 1.165) is 30.5 Å². The highest BCUT2D eigenvalue weighted by Crippen LogP contribution is 2.36. The minimum absolute atomic E-state index is 0. The molecule has 3 aromatic rings. The van der Waals surface area contributed by atoms with Crippen molar-refractivity contribution >= 4 is 40.7 Å². The lowest BCUT2D eigenvalue weighted by atomic mass is 9.89. The summed E-state index contributed by atoms with van der Waals surface area (Å²) in [7, 11) is 0. The van der Waals surface area contributed by atoms with Gasteiger partial charge < -0.3 is 4.57 Å². The number of hydrogen-bond acceptors (Lipinski definition) is 3. The van der Waals surface area contributed by atoms with Crippen LogP contribution in [0, 0.1) is 11.3 Å². The van der Waals surface area contributed by atoms with Gasteiger partial charge in [0.15, 0.2) is 0 Å². The maximum Gasteiger partial charge on any atom is 0.0991 e. The predicted molar refractivity (Wildman–Crippen MR) is 138 cm³/mol. The van der Waals surface area contributed by atoms with Crippen LogP contribution in [0.25, 0.3) is 0 Å². The number of rotatable bonds is 7. The maximum absolute atomic E-state index is 9.01. The van der Waals surface area contributed by atoms with Crippen LogP contribution < -0.4 is 0 Å². The molecule has 0 fully saturated rings. The van der Waals surface area contributed by atoms with Crippen LogP contribution in [0.3, 0.4) is 0 Å². The third-order valence-electron chi connectivity index (χ3n) is 6.01. The lowest BCUT2D eigenvalue weighted by Gasteiger charge is -2.37. The van der Waals surface area contributed by atoms with Gasteiger partial charge in [-0.1, -0.05) is 53.9 Å². The minimum Gasteiger partial charge on any atom is -0.329 e. The van der Waals surface area contributed by atoms with Crippen molar-refractivity contribution in [3.05, 3.63) is 87.4 Å². The van der Waals surface area contributed by atoms with Gasteiger partial charge in [0.2, 0.25) is 0 Å². The van der Waals surface area contributed by atoms with E-state index in [4.69, 9.17) is 5.26 Å². The molecule has 170 valence electrons. The highest BCUT2D eigenvalue weighted by molar-refractivity contribution is 9.10. The van der Waals surface area contributed by atoms with E-state index >= 15 is 0 Å². The molecule has 0 aliphatic carbocycles. The number of unbranched alkanes of at least 4 members (excludes halogenated alkanes) is 1. The van der Waals surface area contributed by atoms with E-state index in [1.165, 1.54) is 41.6 Å². The second-order valence-electron chi connectivity index (χ2n) is 8.04. The number of nitrogens with zero attached hydrogens (tertiary/aromatic N) is 4.